The molecule has 1 aliphatic carbocycles. The first-order valence-corrected chi connectivity index (χ1v) is 6.63. The van der Waals surface area contributed by atoms with Gasteiger partial charge in [0.05, 0.1) is 6.04 Å². The molecule has 18 heavy (non-hydrogen) atoms. The Morgan fingerprint density at radius 3 is 3.17 bits per heavy atom. The van der Waals surface area contributed by atoms with E-state index in [-0.39, 0.29) is 17.5 Å². The number of pyridine rings is 1. The first-order chi connectivity index (χ1) is 8.67. The van der Waals surface area contributed by atoms with Crippen molar-refractivity contribution in [2.45, 2.75) is 37.8 Å². The monoisotopic (exact) mass is 245 g/mol. The Morgan fingerprint density at radius 1 is 1.61 bits per heavy atom. The lowest BCUT2D eigenvalue weighted by molar-refractivity contribution is -0.123. The molecule has 0 spiro atoms. The lowest BCUT2D eigenvalue weighted by Crippen LogP contribution is -2.45. The van der Waals surface area contributed by atoms with Crippen molar-refractivity contribution in [2.75, 3.05) is 6.54 Å². The van der Waals surface area contributed by atoms with Crippen molar-refractivity contribution in [1.29, 1.82) is 0 Å². The maximum Gasteiger partial charge on any atom is 0.237 e. The van der Waals surface area contributed by atoms with Crippen LogP contribution in [-0.4, -0.2) is 29.0 Å². The average molecular weight is 245 g/mol. The fourth-order valence-corrected chi connectivity index (χ4v) is 2.87. The van der Waals surface area contributed by atoms with E-state index in [0.717, 1.165) is 18.5 Å². The summed E-state index contributed by atoms with van der Waals surface area (Å²) in [5.41, 5.74) is 1.27. The molecule has 3 rings (SSSR count). The van der Waals surface area contributed by atoms with Crippen molar-refractivity contribution in [1.82, 2.24) is 15.6 Å². The summed E-state index contributed by atoms with van der Waals surface area (Å²) in [6.07, 6.45) is 4.79. The molecular weight excluding hydrogens is 226 g/mol. The summed E-state index contributed by atoms with van der Waals surface area (Å²) in [6, 6.07) is 5.86. The number of nitrogens with one attached hydrogen (secondary N) is 2. The van der Waals surface area contributed by atoms with E-state index in [4.69, 9.17) is 0 Å². The van der Waals surface area contributed by atoms with Gasteiger partial charge in [0.25, 0.3) is 0 Å². The van der Waals surface area contributed by atoms with Crippen LogP contribution in [0.2, 0.25) is 0 Å². The first kappa shape index (κ1) is 11.7. The molecule has 2 heterocycles. The van der Waals surface area contributed by atoms with Gasteiger partial charge in [-0.25, -0.2) is 0 Å². The summed E-state index contributed by atoms with van der Waals surface area (Å²) >= 11 is 0. The third kappa shape index (κ3) is 2.25. The number of piperidine rings is 1. The highest BCUT2D eigenvalue weighted by Gasteiger charge is 2.57. The summed E-state index contributed by atoms with van der Waals surface area (Å²) in [5, 5.41) is 6.42. The van der Waals surface area contributed by atoms with Gasteiger partial charge in [-0.1, -0.05) is 6.07 Å². The molecule has 1 amide bonds. The van der Waals surface area contributed by atoms with Gasteiger partial charge in [0, 0.05) is 30.4 Å². The molecule has 1 aromatic heterocycles. The third-order valence-electron chi connectivity index (χ3n) is 4.16. The molecule has 1 aliphatic heterocycles. The SMILES string of the molecule is CC12CC1CC(C(=O)NCCc1ccccn1)N2. The van der Waals surface area contributed by atoms with Crippen LogP contribution in [0, 0.1) is 5.92 Å². The van der Waals surface area contributed by atoms with Gasteiger partial charge >= 0.3 is 0 Å². The summed E-state index contributed by atoms with van der Waals surface area (Å²) < 4.78 is 0. The molecule has 0 aromatic carbocycles. The number of aromatic nitrogens is 1. The molecule has 1 saturated carbocycles. The Balaban J connectivity index is 1.43. The molecular formula is C14H19N3O. The molecule has 4 nitrogen and oxygen atoms in total. The summed E-state index contributed by atoms with van der Waals surface area (Å²) in [6.45, 7) is 2.87. The van der Waals surface area contributed by atoms with Crippen LogP contribution < -0.4 is 10.6 Å². The van der Waals surface area contributed by atoms with Crippen molar-refractivity contribution in [3.63, 3.8) is 0 Å². The van der Waals surface area contributed by atoms with Gasteiger partial charge in [-0.3, -0.25) is 9.78 Å². The quantitative estimate of drug-likeness (QED) is 0.828. The second-order valence-corrected chi connectivity index (χ2v) is 5.61. The van der Waals surface area contributed by atoms with Crippen LogP contribution in [0.4, 0.5) is 0 Å². The Hall–Kier alpha value is -1.42. The van der Waals surface area contributed by atoms with Crippen LogP contribution in [0.15, 0.2) is 24.4 Å². The molecule has 3 atom stereocenters. The fourth-order valence-electron chi connectivity index (χ4n) is 2.87. The van der Waals surface area contributed by atoms with Crippen molar-refractivity contribution in [3.8, 4) is 0 Å². The zero-order valence-corrected chi connectivity index (χ0v) is 10.6. The summed E-state index contributed by atoms with van der Waals surface area (Å²) in [7, 11) is 0. The zero-order chi connectivity index (χ0) is 12.6. The minimum atomic E-state index is 0.0116. The largest absolute Gasteiger partial charge is 0.354 e. The standard InChI is InChI=1S/C14H19N3O/c1-14-9-10(14)8-12(17-14)13(18)16-7-5-11-4-2-3-6-15-11/h2-4,6,10,12,17H,5,7-9H2,1H3,(H,16,18). The normalized spacial score (nSPS) is 32.9. The van der Waals surface area contributed by atoms with E-state index in [1.54, 1.807) is 6.20 Å². The Labute approximate surface area is 107 Å². The van der Waals surface area contributed by atoms with Crippen LogP contribution in [0.5, 0.6) is 0 Å². The van der Waals surface area contributed by atoms with E-state index in [2.05, 4.69) is 22.5 Å². The number of rotatable bonds is 4. The number of amides is 1. The van der Waals surface area contributed by atoms with Gasteiger partial charge in [-0.2, -0.15) is 0 Å². The zero-order valence-electron chi connectivity index (χ0n) is 10.6. The van der Waals surface area contributed by atoms with Crippen LogP contribution in [0.25, 0.3) is 0 Å². The average Bonchev–Trinajstić information content (AvgIpc) is 2.88. The molecule has 1 aromatic rings. The smallest absolute Gasteiger partial charge is 0.237 e. The number of carbonyl (C=O) groups excluding carboxylic acids is 1. The van der Waals surface area contributed by atoms with Crippen molar-refractivity contribution in [2.24, 2.45) is 5.92 Å². The third-order valence-corrected chi connectivity index (χ3v) is 4.16. The van der Waals surface area contributed by atoms with Gasteiger partial charge < -0.3 is 10.6 Å². The molecule has 2 fully saturated rings. The number of hydrogen-bond acceptors (Lipinski definition) is 3. The highest BCUT2D eigenvalue weighted by molar-refractivity contribution is 5.82. The predicted molar refractivity (Wildman–Crippen MR) is 69.0 cm³/mol. The maximum atomic E-state index is 11.9. The lowest BCUT2D eigenvalue weighted by Gasteiger charge is -2.15. The van der Waals surface area contributed by atoms with E-state index in [1.807, 2.05) is 18.2 Å². The van der Waals surface area contributed by atoms with Crippen LogP contribution >= 0.6 is 0 Å². The van der Waals surface area contributed by atoms with Crippen molar-refractivity contribution in [3.05, 3.63) is 30.1 Å². The first-order valence-electron chi connectivity index (χ1n) is 6.63. The lowest BCUT2D eigenvalue weighted by atomic mass is 10.1. The minimum Gasteiger partial charge on any atom is -0.354 e. The van der Waals surface area contributed by atoms with E-state index in [9.17, 15) is 4.79 Å². The molecule has 2 aliphatic rings. The second kappa shape index (κ2) is 4.35. The highest BCUT2D eigenvalue weighted by atomic mass is 16.2. The Kier molecular flexibility index (Phi) is 2.82. The Morgan fingerprint density at radius 2 is 2.50 bits per heavy atom. The highest BCUT2D eigenvalue weighted by Crippen LogP contribution is 2.51. The van der Waals surface area contributed by atoms with Gasteiger partial charge in [0.15, 0.2) is 0 Å². The predicted octanol–water partition coefficient (Wildman–Crippen LogP) is 0.881. The molecule has 0 radical (unpaired) electrons. The van der Waals surface area contributed by atoms with Gasteiger partial charge in [0.1, 0.15) is 0 Å². The maximum absolute atomic E-state index is 11.9. The van der Waals surface area contributed by atoms with Crippen LogP contribution in [0.3, 0.4) is 0 Å². The van der Waals surface area contributed by atoms with E-state index in [0.29, 0.717) is 12.5 Å². The number of nitrogens with zero attached hydrogens (tertiary/aromatic N) is 1. The summed E-state index contributed by atoms with van der Waals surface area (Å²) in [5.74, 6) is 0.850. The Bertz CT molecular complexity index is 448. The molecule has 96 valence electrons. The van der Waals surface area contributed by atoms with Crippen LogP contribution in [0.1, 0.15) is 25.5 Å². The molecule has 3 unspecified atom stereocenters. The van der Waals surface area contributed by atoms with E-state index < -0.39 is 0 Å². The molecule has 1 saturated heterocycles. The van der Waals surface area contributed by atoms with E-state index in [1.165, 1.54) is 6.42 Å². The van der Waals surface area contributed by atoms with Gasteiger partial charge in [-0.05, 0) is 37.8 Å². The van der Waals surface area contributed by atoms with Crippen molar-refractivity contribution >= 4 is 5.91 Å². The van der Waals surface area contributed by atoms with Crippen LogP contribution in [-0.2, 0) is 11.2 Å². The van der Waals surface area contributed by atoms with Crippen molar-refractivity contribution < 1.29 is 4.79 Å². The number of hydrogen-bond donors (Lipinski definition) is 2. The minimum absolute atomic E-state index is 0.0116. The van der Waals surface area contributed by atoms with Gasteiger partial charge in [-0.15, -0.1) is 0 Å². The molecule has 4 heteroatoms. The number of fused-ring (bicyclic) bond motifs is 1. The van der Waals surface area contributed by atoms with E-state index >= 15 is 0 Å². The molecule has 0 bridgehead atoms. The summed E-state index contributed by atoms with van der Waals surface area (Å²) in [4.78, 5) is 16.2. The van der Waals surface area contributed by atoms with Gasteiger partial charge in [0.2, 0.25) is 5.91 Å². The second-order valence-electron chi connectivity index (χ2n) is 5.61. The number of carbonyl (C=O) groups is 1. The fraction of sp³-hybridized carbons (Fsp3) is 0.571. The molecule has 2 N–H and O–H groups in total. The topological polar surface area (TPSA) is 54.0 Å².